The molecule has 4 atom stereocenters. The molecule has 2 heteroatoms. The van der Waals surface area contributed by atoms with E-state index < -0.39 is 0 Å². The van der Waals surface area contributed by atoms with Gasteiger partial charge in [-0.3, -0.25) is 0 Å². The van der Waals surface area contributed by atoms with Gasteiger partial charge in [0.25, 0.3) is 0 Å². The molecule has 0 amide bonds. The summed E-state index contributed by atoms with van der Waals surface area (Å²) >= 11 is 0. The minimum Gasteiger partial charge on any atom is -0.326 e. The molecule has 0 saturated heterocycles. The minimum absolute atomic E-state index is 0.0198. The molecule has 4 N–H and O–H groups in total. The van der Waals surface area contributed by atoms with E-state index in [0.29, 0.717) is 5.92 Å². The van der Waals surface area contributed by atoms with Crippen LogP contribution in [0.15, 0.2) is 54.1 Å². The van der Waals surface area contributed by atoms with E-state index in [0.717, 1.165) is 6.42 Å². The van der Waals surface area contributed by atoms with Gasteiger partial charge in [0.2, 0.25) is 0 Å². The fraction of sp³-hybridized carbons (Fsp3) is 0.400. The average molecular weight is 292 g/mol. The fourth-order valence-electron chi connectivity index (χ4n) is 4.46. The largest absolute Gasteiger partial charge is 0.326 e. The number of hydrogen-bond acceptors (Lipinski definition) is 2. The summed E-state index contributed by atoms with van der Waals surface area (Å²) in [6, 6.07) is 15.3. The summed E-state index contributed by atoms with van der Waals surface area (Å²) in [4.78, 5) is 0. The highest BCUT2D eigenvalue weighted by atomic mass is 14.8. The highest BCUT2D eigenvalue weighted by Crippen LogP contribution is 2.45. The summed E-state index contributed by atoms with van der Waals surface area (Å²) in [6.07, 6.45) is 7.25. The first-order valence-corrected chi connectivity index (χ1v) is 8.44. The molecule has 114 valence electrons. The number of allylic oxidation sites excluding steroid dienone is 1. The zero-order valence-electron chi connectivity index (χ0n) is 12.9. The zero-order valence-corrected chi connectivity index (χ0v) is 12.9. The molecule has 0 bridgehead atoms. The van der Waals surface area contributed by atoms with Gasteiger partial charge in [-0.25, -0.2) is 0 Å². The molecule has 2 aliphatic carbocycles. The lowest BCUT2D eigenvalue weighted by atomic mass is 9.65. The van der Waals surface area contributed by atoms with Crippen LogP contribution >= 0.6 is 0 Å². The summed E-state index contributed by atoms with van der Waals surface area (Å²) in [5, 5.41) is 2.61. The van der Waals surface area contributed by atoms with E-state index in [1.54, 1.807) is 5.57 Å². The first-order chi connectivity index (χ1) is 10.8. The van der Waals surface area contributed by atoms with Gasteiger partial charge in [0.05, 0.1) is 0 Å². The van der Waals surface area contributed by atoms with E-state index in [1.807, 2.05) is 0 Å². The number of rotatable bonds is 1. The molecule has 0 radical (unpaired) electrons. The summed E-state index contributed by atoms with van der Waals surface area (Å²) in [5.41, 5.74) is 15.9. The van der Waals surface area contributed by atoms with Crippen LogP contribution in [0.25, 0.3) is 10.8 Å². The second kappa shape index (κ2) is 5.53. The third-order valence-electron chi connectivity index (χ3n) is 5.56. The van der Waals surface area contributed by atoms with Crippen molar-refractivity contribution < 1.29 is 0 Å². The van der Waals surface area contributed by atoms with Gasteiger partial charge in [0.15, 0.2) is 0 Å². The predicted octanol–water partition coefficient (Wildman–Crippen LogP) is 3.71. The van der Waals surface area contributed by atoms with Gasteiger partial charge in [0, 0.05) is 18.0 Å². The molecule has 2 aromatic carbocycles. The van der Waals surface area contributed by atoms with Crippen molar-refractivity contribution in [3.05, 3.63) is 59.7 Å². The van der Waals surface area contributed by atoms with Gasteiger partial charge in [-0.2, -0.15) is 0 Å². The lowest BCUT2D eigenvalue weighted by Crippen LogP contribution is -2.51. The summed E-state index contributed by atoms with van der Waals surface area (Å²) < 4.78 is 0. The summed E-state index contributed by atoms with van der Waals surface area (Å²) in [6.45, 7) is 0. The Hall–Kier alpha value is -1.64. The molecule has 0 aliphatic heterocycles. The Morgan fingerprint density at radius 1 is 0.955 bits per heavy atom. The molecule has 3 unspecified atom stereocenters. The summed E-state index contributed by atoms with van der Waals surface area (Å²) in [5.74, 6) is 0.910. The second-order valence-electron chi connectivity index (χ2n) is 6.85. The van der Waals surface area contributed by atoms with Crippen LogP contribution in [0.1, 0.15) is 37.2 Å². The molecular weight excluding hydrogens is 268 g/mol. The zero-order chi connectivity index (χ0) is 15.1. The van der Waals surface area contributed by atoms with E-state index >= 15 is 0 Å². The highest BCUT2D eigenvalue weighted by Gasteiger charge is 2.39. The Labute approximate surface area is 132 Å². The van der Waals surface area contributed by atoms with Gasteiger partial charge >= 0.3 is 0 Å². The monoisotopic (exact) mass is 292 g/mol. The summed E-state index contributed by atoms with van der Waals surface area (Å²) in [7, 11) is 0. The molecule has 2 aliphatic rings. The number of fused-ring (bicyclic) bond motifs is 2. The Morgan fingerprint density at radius 2 is 1.77 bits per heavy atom. The SMILES string of the molecule is NC1CC2CCCC=C2C(c2cccc3ccccc23)[C@H]1N. The average Bonchev–Trinajstić information content (AvgIpc) is 2.56. The molecule has 22 heavy (non-hydrogen) atoms. The fourth-order valence-corrected chi connectivity index (χ4v) is 4.46. The van der Waals surface area contributed by atoms with Gasteiger partial charge in [-0.15, -0.1) is 0 Å². The smallest absolute Gasteiger partial charge is 0.0300 e. The van der Waals surface area contributed by atoms with E-state index in [4.69, 9.17) is 11.5 Å². The van der Waals surface area contributed by atoms with Crippen molar-refractivity contribution in [1.82, 2.24) is 0 Å². The van der Waals surface area contributed by atoms with E-state index in [-0.39, 0.29) is 18.0 Å². The first kappa shape index (κ1) is 14.0. The van der Waals surface area contributed by atoms with E-state index in [1.165, 1.54) is 35.6 Å². The van der Waals surface area contributed by atoms with Crippen molar-refractivity contribution in [2.45, 2.75) is 43.7 Å². The highest BCUT2D eigenvalue weighted by molar-refractivity contribution is 5.86. The molecule has 0 heterocycles. The maximum absolute atomic E-state index is 6.59. The van der Waals surface area contributed by atoms with Gasteiger partial charge < -0.3 is 11.5 Å². The van der Waals surface area contributed by atoms with Crippen molar-refractivity contribution in [2.24, 2.45) is 17.4 Å². The first-order valence-electron chi connectivity index (χ1n) is 8.44. The number of benzene rings is 2. The molecule has 1 fully saturated rings. The normalized spacial score (nSPS) is 31.6. The predicted molar refractivity (Wildman–Crippen MR) is 92.7 cm³/mol. The Morgan fingerprint density at radius 3 is 2.68 bits per heavy atom. The van der Waals surface area contributed by atoms with Crippen molar-refractivity contribution >= 4 is 10.8 Å². The minimum atomic E-state index is 0.0198. The van der Waals surface area contributed by atoms with Crippen LogP contribution in [0.2, 0.25) is 0 Å². The molecule has 0 spiro atoms. The van der Waals surface area contributed by atoms with Gasteiger partial charge in [-0.1, -0.05) is 54.1 Å². The van der Waals surface area contributed by atoms with Crippen LogP contribution in [-0.4, -0.2) is 12.1 Å². The van der Waals surface area contributed by atoms with Crippen LogP contribution in [0, 0.1) is 5.92 Å². The Balaban J connectivity index is 1.88. The van der Waals surface area contributed by atoms with Crippen LogP contribution in [0.3, 0.4) is 0 Å². The lowest BCUT2D eigenvalue weighted by molar-refractivity contribution is 0.306. The molecule has 4 rings (SSSR count). The van der Waals surface area contributed by atoms with Gasteiger partial charge in [0.1, 0.15) is 0 Å². The van der Waals surface area contributed by atoms with E-state index in [2.05, 4.69) is 48.5 Å². The maximum atomic E-state index is 6.59. The number of nitrogens with two attached hydrogens (primary N) is 2. The maximum Gasteiger partial charge on any atom is 0.0300 e. The third-order valence-corrected chi connectivity index (χ3v) is 5.56. The Bertz CT molecular complexity index is 713. The second-order valence-corrected chi connectivity index (χ2v) is 6.85. The van der Waals surface area contributed by atoms with Crippen LogP contribution in [0.5, 0.6) is 0 Å². The van der Waals surface area contributed by atoms with Gasteiger partial charge in [-0.05, 0) is 47.9 Å². The number of hydrogen-bond donors (Lipinski definition) is 2. The van der Waals surface area contributed by atoms with Crippen LogP contribution in [0.4, 0.5) is 0 Å². The Kier molecular flexibility index (Phi) is 3.51. The molecule has 1 saturated carbocycles. The topological polar surface area (TPSA) is 52.0 Å². The lowest BCUT2D eigenvalue weighted by Gasteiger charge is -2.43. The quantitative estimate of drug-likeness (QED) is 0.787. The molecule has 2 aromatic rings. The van der Waals surface area contributed by atoms with E-state index in [9.17, 15) is 0 Å². The van der Waals surface area contributed by atoms with Crippen molar-refractivity contribution in [3.63, 3.8) is 0 Å². The van der Waals surface area contributed by atoms with Crippen LogP contribution < -0.4 is 11.5 Å². The third kappa shape index (κ3) is 2.18. The molecule has 0 aromatic heterocycles. The van der Waals surface area contributed by atoms with Crippen molar-refractivity contribution in [3.8, 4) is 0 Å². The van der Waals surface area contributed by atoms with Crippen molar-refractivity contribution in [2.75, 3.05) is 0 Å². The van der Waals surface area contributed by atoms with Crippen molar-refractivity contribution in [1.29, 1.82) is 0 Å². The van der Waals surface area contributed by atoms with Crippen LogP contribution in [-0.2, 0) is 0 Å². The molecular formula is C20H24N2. The standard InChI is InChI=1S/C20H24N2/c21-18-12-14-7-2-4-10-16(14)19(20(18)22)17-11-5-8-13-6-1-3-9-15(13)17/h1,3,5-6,8-11,14,18-20H,2,4,7,12,21-22H2/t14?,18?,19?,20-/m0/s1. The molecule has 2 nitrogen and oxygen atoms in total.